The van der Waals surface area contributed by atoms with Crippen molar-refractivity contribution in [3.8, 4) is 0 Å². The van der Waals surface area contributed by atoms with Crippen LogP contribution in [0.1, 0.15) is 16.8 Å². The first kappa shape index (κ1) is 16.3. The van der Waals surface area contributed by atoms with Crippen molar-refractivity contribution in [2.45, 2.75) is 6.42 Å². The molecule has 116 valence electrons. The quantitative estimate of drug-likeness (QED) is 0.619. The van der Waals surface area contributed by atoms with Crippen LogP contribution in [-0.2, 0) is 0 Å². The lowest BCUT2D eigenvalue weighted by molar-refractivity contribution is 0.0949. The molecular formula is C15H23BrN4O. The molecule has 1 aliphatic rings. The highest BCUT2D eigenvalue weighted by atomic mass is 79.9. The highest BCUT2D eigenvalue weighted by molar-refractivity contribution is 9.10. The fourth-order valence-corrected chi connectivity index (χ4v) is 2.73. The van der Waals surface area contributed by atoms with E-state index in [-0.39, 0.29) is 5.91 Å². The highest BCUT2D eigenvalue weighted by Crippen LogP contribution is 2.20. The van der Waals surface area contributed by atoms with E-state index in [1.165, 1.54) is 0 Å². The molecule has 1 heterocycles. The molecule has 5 nitrogen and oxygen atoms in total. The summed E-state index contributed by atoms with van der Waals surface area (Å²) in [4.78, 5) is 16.8. The number of rotatable bonds is 5. The molecule has 0 aromatic heterocycles. The topological polar surface area (TPSA) is 61.6 Å². The zero-order valence-electron chi connectivity index (χ0n) is 12.4. The third-order valence-electron chi connectivity index (χ3n) is 3.80. The van der Waals surface area contributed by atoms with Gasteiger partial charge in [0.2, 0.25) is 0 Å². The number of likely N-dealkylation sites (N-methyl/N-ethyl adjacent to an activating group) is 1. The summed E-state index contributed by atoms with van der Waals surface area (Å²) in [5.74, 6) is -0.0472. The molecule has 1 amide bonds. The Labute approximate surface area is 134 Å². The van der Waals surface area contributed by atoms with E-state index < -0.39 is 0 Å². The number of carbonyl (C=O) groups excluding carboxylic acids is 1. The molecule has 0 spiro atoms. The van der Waals surface area contributed by atoms with E-state index in [2.05, 4.69) is 38.1 Å². The molecule has 3 N–H and O–H groups in total. The zero-order chi connectivity index (χ0) is 15.2. The van der Waals surface area contributed by atoms with Crippen molar-refractivity contribution in [1.82, 2.24) is 15.1 Å². The van der Waals surface area contributed by atoms with Crippen molar-refractivity contribution >= 4 is 27.5 Å². The molecule has 0 unspecified atom stereocenters. The van der Waals surface area contributed by atoms with Gasteiger partial charge in [0.25, 0.3) is 5.91 Å². The van der Waals surface area contributed by atoms with E-state index in [9.17, 15) is 4.79 Å². The van der Waals surface area contributed by atoms with Crippen LogP contribution in [0.25, 0.3) is 0 Å². The number of benzene rings is 1. The lowest BCUT2D eigenvalue weighted by atomic mass is 10.2. The molecule has 6 heteroatoms. The number of anilines is 1. The molecule has 21 heavy (non-hydrogen) atoms. The third-order valence-corrected chi connectivity index (χ3v) is 4.48. The summed E-state index contributed by atoms with van der Waals surface area (Å²) in [6.45, 7) is 6.25. The van der Waals surface area contributed by atoms with Gasteiger partial charge in [-0.05, 0) is 54.1 Å². The average molecular weight is 355 g/mol. The van der Waals surface area contributed by atoms with Gasteiger partial charge in [0, 0.05) is 48.4 Å². The number of nitrogens with one attached hydrogen (secondary N) is 1. The smallest absolute Gasteiger partial charge is 0.251 e. The second-order valence-electron chi connectivity index (χ2n) is 5.49. The number of carbonyl (C=O) groups is 1. The predicted octanol–water partition coefficient (Wildman–Crippen LogP) is 1.40. The van der Waals surface area contributed by atoms with E-state index >= 15 is 0 Å². The van der Waals surface area contributed by atoms with Crippen LogP contribution in [0.3, 0.4) is 0 Å². The Hall–Kier alpha value is -1.11. The van der Waals surface area contributed by atoms with E-state index in [4.69, 9.17) is 5.73 Å². The molecule has 2 rings (SSSR count). The molecule has 0 aliphatic carbocycles. The monoisotopic (exact) mass is 354 g/mol. The van der Waals surface area contributed by atoms with Crippen LogP contribution in [-0.4, -0.2) is 62.0 Å². The molecule has 1 aromatic rings. The van der Waals surface area contributed by atoms with E-state index in [1.54, 1.807) is 18.2 Å². The van der Waals surface area contributed by atoms with Gasteiger partial charge < -0.3 is 20.9 Å². The largest absolute Gasteiger partial charge is 0.398 e. The number of nitrogen functional groups attached to an aromatic ring is 1. The second kappa shape index (κ2) is 7.77. The van der Waals surface area contributed by atoms with Crippen molar-refractivity contribution in [1.29, 1.82) is 0 Å². The van der Waals surface area contributed by atoms with Gasteiger partial charge in [-0.2, -0.15) is 0 Å². The molecule has 1 saturated heterocycles. The standard InChI is InChI=1S/C15H23BrN4O/c1-19-7-9-20(10-8-19)6-2-5-18-15(21)12-3-4-14(17)13(16)11-12/h3-4,11H,2,5-10,17H2,1H3,(H,18,21). The SMILES string of the molecule is CN1CCN(CCCNC(=O)c2ccc(N)c(Br)c2)CC1. The summed E-state index contributed by atoms with van der Waals surface area (Å²) >= 11 is 3.34. The summed E-state index contributed by atoms with van der Waals surface area (Å²) in [5, 5.41) is 2.96. The fourth-order valence-electron chi connectivity index (χ4n) is 2.35. The van der Waals surface area contributed by atoms with Crippen molar-refractivity contribution in [3.63, 3.8) is 0 Å². The molecule has 0 radical (unpaired) electrons. The Bertz CT molecular complexity index is 487. The van der Waals surface area contributed by atoms with Gasteiger partial charge in [-0.15, -0.1) is 0 Å². The van der Waals surface area contributed by atoms with Crippen LogP contribution < -0.4 is 11.1 Å². The highest BCUT2D eigenvalue weighted by Gasteiger charge is 2.13. The molecule has 0 saturated carbocycles. The van der Waals surface area contributed by atoms with Crippen LogP contribution >= 0.6 is 15.9 Å². The number of hydrogen-bond donors (Lipinski definition) is 2. The van der Waals surface area contributed by atoms with E-state index in [1.807, 2.05) is 0 Å². The number of amides is 1. The molecular weight excluding hydrogens is 332 g/mol. The number of nitrogens with two attached hydrogens (primary N) is 1. The zero-order valence-corrected chi connectivity index (χ0v) is 14.0. The average Bonchev–Trinajstić information content (AvgIpc) is 2.48. The number of halogens is 1. The first-order valence-corrected chi connectivity index (χ1v) is 8.09. The van der Waals surface area contributed by atoms with Gasteiger partial charge in [0.15, 0.2) is 0 Å². The van der Waals surface area contributed by atoms with Crippen molar-refractivity contribution < 1.29 is 4.79 Å². The number of nitrogens with zero attached hydrogens (tertiary/aromatic N) is 2. The number of piperazine rings is 1. The molecule has 1 aromatic carbocycles. The van der Waals surface area contributed by atoms with Gasteiger partial charge in [-0.1, -0.05) is 0 Å². The lowest BCUT2D eigenvalue weighted by Gasteiger charge is -2.32. The number of hydrogen-bond acceptors (Lipinski definition) is 4. The van der Waals surface area contributed by atoms with Crippen molar-refractivity contribution in [2.24, 2.45) is 0 Å². The van der Waals surface area contributed by atoms with E-state index in [0.29, 0.717) is 17.8 Å². The van der Waals surface area contributed by atoms with Crippen molar-refractivity contribution in [2.75, 3.05) is 52.0 Å². The van der Waals surface area contributed by atoms with Gasteiger partial charge in [0.05, 0.1) is 0 Å². The Morgan fingerprint density at radius 2 is 2.05 bits per heavy atom. The normalized spacial score (nSPS) is 16.9. The van der Waals surface area contributed by atoms with Crippen molar-refractivity contribution in [3.05, 3.63) is 28.2 Å². The predicted molar refractivity (Wildman–Crippen MR) is 89.4 cm³/mol. The van der Waals surface area contributed by atoms with Gasteiger partial charge in [0.1, 0.15) is 0 Å². The van der Waals surface area contributed by atoms with Gasteiger partial charge >= 0.3 is 0 Å². The Kier molecular flexibility index (Phi) is 6.02. The summed E-state index contributed by atoms with van der Waals surface area (Å²) in [7, 11) is 2.16. The Morgan fingerprint density at radius 3 is 2.71 bits per heavy atom. The molecule has 0 bridgehead atoms. The molecule has 0 atom stereocenters. The molecule has 1 fully saturated rings. The van der Waals surface area contributed by atoms with Crippen LogP contribution in [0.5, 0.6) is 0 Å². The Morgan fingerprint density at radius 1 is 1.33 bits per heavy atom. The van der Waals surface area contributed by atoms with Crippen LogP contribution in [0.15, 0.2) is 22.7 Å². The lowest BCUT2D eigenvalue weighted by Crippen LogP contribution is -2.45. The first-order chi connectivity index (χ1) is 10.1. The maximum absolute atomic E-state index is 12.0. The summed E-state index contributed by atoms with van der Waals surface area (Å²) in [6, 6.07) is 5.24. The summed E-state index contributed by atoms with van der Waals surface area (Å²) in [6.07, 6.45) is 0.978. The minimum atomic E-state index is -0.0472. The minimum Gasteiger partial charge on any atom is -0.398 e. The van der Waals surface area contributed by atoms with Gasteiger partial charge in [-0.3, -0.25) is 4.79 Å². The maximum Gasteiger partial charge on any atom is 0.251 e. The summed E-state index contributed by atoms with van der Waals surface area (Å²) < 4.78 is 0.757. The fraction of sp³-hybridized carbons (Fsp3) is 0.533. The minimum absolute atomic E-state index is 0.0472. The van der Waals surface area contributed by atoms with Gasteiger partial charge in [-0.25, -0.2) is 0 Å². The third kappa shape index (κ3) is 4.98. The van der Waals surface area contributed by atoms with Crippen LogP contribution in [0.4, 0.5) is 5.69 Å². The van der Waals surface area contributed by atoms with E-state index in [0.717, 1.165) is 43.6 Å². The maximum atomic E-state index is 12.0. The Balaban J connectivity index is 1.68. The first-order valence-electron chi connectivity index (χ1n) is 7.30. The van der Waals surface area contributed by atoms with Crippen LogP contribution in [0.2, 0.25) is 0 Å². The molecule has 1 aliphatic heterocycles. The second-order valence-corrected chi connectivity index (χ2v) is 6.34. The summed E-state index contributed by atoms with van der Waals surface area (Å²) in [5.41, 5.74) is 6.99. The van der Waals surface area contributed by atoms with Crippen LogP contribution in [0, 0.1) is 0 Å².